The first-order chi connectivity index (χ1) is 7.18. The van der Waals surface area contributed by atoms with Crippen molar-refractivity contribution in [2.75, 3.05) is 0 Å². The van der Waals surface area contributed by atoms with Crippen LogP contribution in [-0.2, 0) is 11.2 Å². The highest BCUT2D eigenvalue weighted by atomic mass is 16.1. The number of nitrogens with zero attached hydrogens (tertiary/aromatic N) is 1. The van der Waals surface area contributed by atoms with Gasteiger partial charge in [-0.15, -0.1) is 0 Å². The van der Waals surface area contributed by atoms with Crippen molar-refractivity contribution in [2.45, 2.75) is 39.5 Å². The van der Waals surface area contributed by atoms with Gasteiger partial charge in [0.05, 0.1) is 0 Å². The molecule has 0 atom stereocenters. The van der Waals surface area contributed by atoms with Gasteiger partial charge in [0.1, 0.15) is 5.78 Å². The van der Waals surface area contributed by atoms with Crippen LogP contribution in [-0.4, -0.2) is 10.8 Å². The zero-order valence-electron chi connectivity index (χ0n) is 9.57. The molecule has 0 amide bonds. The smallest absolute Gasteiger partial charge is 0.133 e. The third kappa shape index (κ3) is 5.31. The van der Waals surface area contributed by atoms with Gasteiger partial charge in [0.15, 0.2) is 0 Å². The Labute approximate surface area is 91.7 Å². The number of hydrogen-bond acceptors (Lipinski definition) is 2. The normalized spacial score (nSPS) is 10.6. The molecule has 2 heteroatoms. The fraction of sp³-hybridized carbons (Fsp3) is 0.538. The van der Waals surface area contributed by atoms with Crippen molar-refractivity contribution in [1.82, 2.24) is 4.98 Å². The lowest BCUT2D eigenvalue weighted by molar-refractivity contribution is -0.119. The molecule has 0 saturated carbocycles. The van der Waals surface area contributed by atoms with Crippen LogP contribution in [0.1, 0.15) is 38.7 Å². The molecule has 0 aromatic carbocycles. The molecule has 0 bridgehead atoms. The maximum absolute atomic E-state index is 11.4. The molecule has 0 spiro atoms. The summed E-state index contributed by atoms with van der Waals surface area (Å²) >= 11 is 0. The average molecular weight is 205 g/mol. The molecule has 1 aromatic rings. The molecule has 0 aliphatic carbocycles. The number of rotatable bonds is 6. The van der Waals surface area contributed by atoms with E-state index in [0.29, 0.717) is 24.5 Å². The molecular weight excluding hydrogens is 186 g/mol. The van der Waals surface area contributed by atoms with Crippen LogP contribution >= 0.6 is 0 Å². The van der Waals surface area contributed by atoms with Crippen molar-refractivity contribution in [3.8, 4) is 0 Å². The van der Waals surface area contributed by atoms with E-state index < -0.39 is 0 Å². The van der Waals surface area contributed by atoms with E-state index in [2.05, 4.69) is 24.9 Å². The highest BCUT2D eigenvalue weighted by Crippen LogP contribution is 2.07. The zero-order valence-corrected chi connectivity index (χ0v) is 9.57. The Bertz CT molecular complexity index is 293. The van der Waals surface area contributed by atoms with Gasteiger partial charge in [-0.25, -0.2) is 0 Å². The molecule has 2 nitrogen and oxygen atoms in total. The van der Waals surface area contributed by atoms with E-state index >= 15 is 0 Å². The van der Waals surface area contributed by atoms with Crippen LogP contribution in [0, 0.1) is 5.92 Å². The van der Waals surface area contributed by atoms with Gasteiger partial charge in [-0.1, -0.05) is 19.9 Å². The summed E-state index contributed by atoms with van der Waals surface area (Å²) in [5.41, 5.74) is 1.22. The van der Waals surface area contributed by atoms with Crippen molar-refractivity contribution < 1.29 is 4.79 Å². The van der Waals surface area contributed by atoms with Crippen molar-refractivity contribution in [2.24, 2.45) is 5.92 Å². The summed E-state index contributed by atoms with van der Waals surface area (Å²) < 4.78 is 0. The third-order valence-corrected chi connectivity index (χ3v) is 2.28. The van der Waals surface area contributed by atoms with E-state index in [9.17, 15) is 4.79 Å². The quantitative estimate of drug-likeness (QED) is 0.714. The van der Waals surface area contributed by atoms with Gasteiger partial charge in [0.25, 0.3) is 0 Å². The molecule has 0 aliphatic heterocycles. The molecule has 0 N–H and O–H groups in total. The van der Waals surface area contributed by atoms with Crippen LogP contribution < -0.4 is 0 Å². The first-order valence-corrected chi connectivity index (χ1v) is 5.59. The number of hydrogen-bond donors (Lipinski definition) is 0. The summed E-state index contributed by atoms with van der Waals surface area (Å²) in [6.45, 7) is 4.16. The summed E-state index contributed by atoms with van der Waals surface area (Å²) in [5.74, 6) is 0.866. The van der Waals surface area contributed by atoms with Crippen LogP contribution in [0.15, 0.2) is 24.5 Å². The number of aromatic nitrogens is 1. The van der Waals surface area contributed by atoms with Crippen molar-refractivity contribution in [3.63, 3.8) is 0 Å². The molecule has 1 aromatic heterocycles. The Kier molecular flexibility index (Phi) is 5.02. The Morgan fingerprint density at radius 2 is 2.27 bits per heavy atom. The van der Waals surface area contributed by atoms with Gasteiger partial charge in [-0.3, -0.25) is 9.78 Å². The molecule has 15 heavy (non-hydrogen) atoms. The van der Waals surface area contributed by atoms with Gasteiger partial charge < -0.3 is 0 Å². The van der Waals surface area contributed by atoms with Crippen LogP contribution in [0.3, 0.4) is 0 Å². The minimum Gasteiger partial charge on any atom is -0.300 e. The van der Waals surface area contributed by atoms with Crippen LogP contribution in [0.4, 0.5) is 0 Å². The maximum Gasteiger partial charge on any atom is 0.133 e. The summed E-state index contributed by atoms with van der Waals surface area (Å²) in [7, 11) is 0. The second-order valence-corrected chi connectivity index (χ2v) is 4.35. The molecular formula is C13H19NO. The molecule has 1 heterocycles. The molecule has 0 aliphatic rings. The van der Waals surface area contributed by atoms with Gasteiger partial charge in [-0.2, -0.15) is 0 Å². The predicted molar refractivity (Wildman–Crippen MR) is 61.6 cm³/mol. The third-order valence-electron chi connectivity index (χ3n) is 2.28. The van der Waals surface area contributed by atoms with Crippen molar-refractivity contribution in [3.05, 3.63) is 30.1 Å². The second-order valence-electron chi connectivity index (χ2n) is 4.35. The minimum absolute atomic E-state index is 0.383. The summed E-state index contributed by atoms with van der Waals surface area (Å²) in [6, 6.07) is 3.99. The van der Waals surface area contributed by atoms with Crippen LogP contribution in [0.25, 0.3) is 0 Å². The second kappa shape index (κ2) is 6.33. The number of aryl methyl sites for hydroxylation is 1. The Morgan fingerprint density at radius 3 is 2.87 bits per heavy atom. The van der Waals surface area contributed by atoms with E-state index in [0.717, 1.165) is 12.8 Å². The van der Waals surface area contributed by atoms with E-state index in [4.69, 9.17) is 0 Å². The highest BCUT2D eigenvalue weighted by molar-refractivity contribution is 5.78. The van der Waals surface area contributed by atoms with Gasteiger partial charge in [-0.05, 0) is 30.4 Å². The van der Waals surface area contributed by atoms with Crippen LogP contribution in [0.2, 0.25) is 0 Å². The van der Waals surface area contributed by atoms with Crippen molar-refractivity contribution in [1.29, 1.82) is 0 Å². The Balaban J connectivity index is 2.19. The number of ketones is 1. The first kappa shape index (κ1) is 11.9. The minimum atomic E-state index is 0.383. The Morgan fingerprint density at radius 1 is 1.47 bits per heavy atom. The molecule has 82 valence electrons. The molecule has 0 fully saturated rings. The van der Waals surface area contributed by atoms with Gasteiger partial charge in [0, 0.05) is 25.2 Å². The molecule has 1 rings (SSSR count). The number of carbonyl (C=O) groups is 1. The molecule has 0 saturated heterocycles. The van der Waals surface area contributed by atoms with E-state index in [1.165, 1.54) is 5.56 Å². The van der Waals surface area contributed by atoms with E-state index in [1.807, 2.05) is 12.3 Å². The lowest BCUT2D eigenvalue weighted by atomic mass is 10.0. The summed E-state index contributed by atoms with van der Waals surface area (Å²) in [5, 5.41) is 0. The standard InChI is InChI=1S/C13H19NO/c1-11(2)9-13(15)7-3-5-12-6-4-8-14-10-12/h4,6,8,10-11H,3,5,7,9H2,1-2H3. The SMILES string of the molecule is CC(C)CC(=O)CCCc1cccnc1. The first-order valence-electron chi connectivity index (χ1n) is 5.59. The largest absolute Gasteiger partial charge is 0.300 e. The fourth-order valence-corrected chi connectivity index (χ4v) is 1.59. The van der Waals surface area contributed by atoms with Gasteiger partial charge in [0.2, 0.25) is 0 Å². The average Bonchev–Trinajstić information content (AvgIpc) is 2.18. The zero-order chi connectivity index (χ0) is 11.1. The van der Waals surface area contributed by atoms with Crippen LogP contribution in [0.5, 0.6) is 0 Å². The number of pyridine rings is 1. The maximum atomic E-state index is 11.4. The number of Topliss-reactive ketones (excluding diaryl/α,β-unsaturated/α-hetero) is 1. The van der Waals surface area contributed by atoms with E-state index in [-0.39, 0.29) is 0 Å². The van der Waals surface area contributed by atoms with E-state index in [1.54, 1.807) is 6.20 Å². The lowest BCUT2D eigenvalue weighted by Crippen LogP contribution is -2.03. The van der Waals surface area contributed by atoms with Crippen molar-refractivity contribution >= 4 is 5.78 Å². The molecule has 0 radical (unpaired) electrons. The number of carbonyl (C=O) groups excluding carboxylic acids is 1. The summed E-state index contributed by atoms with van der Waals surface area (Å²) in [4.78, 5) is 15.5. The monoisotopic (exact) mass is 205 g/mol. The summed E-state index contributed by atoms with van der Waals surface area (Å²) in [6.07, 6.45) is 6.95. The molecule has 0 unspecified atom stereocenters. The lowest BCUT2D eigenvalue weighted by Gasteiger charge is -2.03. The van der Waals surface area contributed by atoms with Gasteiger partial charge >= 0.3 is 0 Å². The fourth-order valence-electron chi connectivity index (χ4n) is 1.59. The Hall–Kier alpha value is -1.18. The highest BCUT2D eigenvalue weighted by Gasteiger charge is 2.04. The predicted octanol–water partition coefficient (Wildman–Crippen LogP) is 3.02. The topological polar surface area (TPSA) is 30.0 Å².